The molecule has 0 aromatic carbocycles. The van der Waals surface area contributed by atoms with Gasteiger partial charge in [-0.05, 0) is 22.6 Å². The Kier molecular flexibility index (Phi) is 4.73. The van der Waals surface area contributed by atoms with Crippen LogP contribution >= 0.6 is 22.6 Å². The number of hydrogen-bond donors (Lipinski definition) is 1. The third-order valence-corrected chi connectivity index (χ3v) is 2.46. The van der Waals surface area contributed by atoms with Crippen molar-refractivity contribution in [1.29, 1.82) is 0 Å². The van der Waals surface area contributed by atoms with E-state index in [1.165, 1.54) is 0 Å². The molecular weight excluding hydrogens is 307 g/mol. The molecule has 0 fully saturated rings. The zero-order valence-electron chi connectivity index (χ0n) is 8.70. The fourth-order valence-electron chi connectivity index (χ4n) is 0.997. The van der Waals surface area contributed by atoms with E-state index in [-0.39, 0.29) is 5.91 Å². The van der Waals surface area contributed by atoms with Gasteiger partial charge in [-0.15, -0.1) is 0 Å². The Morgan fingerprint density at radius 2 is 2.13 bits per heavy atom. The molecule has 0 unspecified atom stereocenters. The molecule has 0 atom stereocenters. The Labute approximate surface area is 102 Å². The van der Waals surface area contributed by atoms with Crippen molar-refractivity contribution in [2.75, 3.05) is 25.5 Å². The summed E-state index contributed by atoms with van der Waals surface area (Å²) in [6.45, 7) is 0.611. The lowest BCUT2D eigenvalue weighted by Gasteiger charge is -2.15. The molecule has 6 heteroatoms. The second-order valence-corrected chi connectivity index (χ2v) is 4.29. The summed E-state index contributed by atoms with van der Waals surface area (Å²) < 4.78 is 0.996. The van der Waals surface area contributed by atoms with E-state index in [1.807, 2.05) is 11.9 Å². The third kappa shape index (κ3) is 3.98. The summed E-state index contributed by atoms with van der Waals surface area (Å²) in [6.07, 6.45) is 3.95. The summed E-state index contributed by atoms with van der Waals surface area (Å²) in [4.78, 5) is 21.2. The van der Waals surface area contributed by atoms with Gasteiger partial charge >= 0.3 is 0 Å². The van der Waals surface area contributed by atoms with Crippen LogP contribution in [0.5, 0.6) is 0 Å². The molecule has 1 aromatic rings. The first-order valence-corrected chi connectivity index (χ1v) is 5.60. The minimum Gasteiger partial charge on any atom is -0.359 e. The number of amides is 1. The molecule has 1 amide bonds. The Morgan fingerprint density at radius 3 is 2.67 bits per heavy atom. The predicted molar refractivity (Wildman–Crippen MR) is 66.7 cm³/mol. The van der Waals surface area contributed by atoms with Gasteiger partial charge in [-0.1, -0.05) is 0 Å². The number of halogens is 1. The van der Waals surface area contributed by atoms with E-state index in [1.54, 1.807) is 19.4 Å². The van der Waals surface area contributed by atoms with Crippen LogP contribution in [0.3, 0.4) is 0 Å². The second-order valence-electron chi connectivity index (χ2n) is 3.05. The molecule has 0 saturated carbocycles. The molecule has 0 bridgehead atoms. The van der Waals surface area contributed by atoms with Gasteiger partial charge in [0.15, 0.2) is 0 Å². The first-order chi connectivity index (χ1) is 7.13. The summed E-state index contributed by atoms with van der Waals surface area (Å²) >= 11 is 2.15. The average Bonchev–Trinajstić information content (AvgIpc) is 2.26. The molecule has 15 heavy (non-hydrogen) atoms. The van der Waals surface area contributed by atoms with Crippen molar-refractivity contribution in [3.05, 3.63) is 16.0 Å². The van der Waals surface area contributed by atoms with E-state index < -0.39 is 0 Å². The van der Waals surface area contributed by atoms with Crippen LogP contribution in [0, 0.1) is 3.57 Å². The van der Waals surface area contributed by atoms with E-state index in [9.17, 15) is 4.79 Å². The van der Waals surface area contributed by atoms with Crippen LogP contribution in [-0.2, 0) is 4.79 Å². The lowest BCUT2D eigenvalue weighted by Crippen LogP contribution is -2.27. The zero-order chi connectivity index (χ0) is 11.3. The Morgan fingerprint density at radius 1 is 1.53 bits per heavy atom. The largest absolute Gasteiger partial charge is 0.359 e. The van der Waals surface area contributed by atoms with Crippen molar-refractivity contribution >= 4 is 34.4 Å². The summed E-state index contributed by atoms with van der Waals surface area (Å²) in [5, 5.41) is 2.57. The molecule has 0 spiro atoms. The highest BCUT2D eigenvalue weighted by Crippen LogP contribution is 2.06. The van der Waals surface area contributed by atoms with E-state index in [0.29, 0.717) is 18.9 Å². The molecule has 0 aliphatic carbocycles. The molecule has 0 aliphatic rings. The van der Waals surface area contributed by atoms with Gasteiger partial charge in [-0.3, -0.25) is 4.79 Å². The first-order valence-electron chi connectivity index (χ1n) is 4.52. The monoisotopic (exact) mass is 320 g/mol. The molecule has 1 rings (SSSR count). The van der Waals surface area contributed by atoms with Crippen LogP contribution in [0.15, 0.2) is 12.4 Å². The number of carbonyl (C=O) groups is 1. The minimum atomic E-state index is 0.0207. The SMILES string of the molecule is CNC(=O)CCN(C)c1ncc(I)cn1. The lowest BCUT2D eigenvalue weighted by atomic mass is 10.4. The van der Waals surface area contributed by atoms with Crippen molar-refractivity contribution in [2.45, 2.75) is 6.42 Å². The van der Waals surface area contributed by atoms with Gasteiger partial charge in [0.2, 0.25) is 11.9 Å². The molecule has 82 valence electrons. The molecule has 5 nitrogen and oxygen atoms in total. The summed E-state index contributed by atoms with van der Waals surface area (Å²) in [5.74, 6) is 0.659. The second kappa shape index (κ2) is 5.84. The number of nitrogens with zero attached hydrogens (tertiary/aromatic N) is 3. The number of rotatable bonds is 4. The standard InChI is InChI=1S/C9H13IN4O/c1-11-8(15)3-4-14(2)9-12-5-7(10)6-13-9/h5-6H,3-4H2,1-2H3,(H,11,15). The third-order valence-electron chi connectivity index (χ3n) is 1.90. The van der Waals surface area contributed by atoms with Crippen LogP contribution < -0.4 is 10.2 Å². The zero-order valence-corrected chi connectivity index (χ0v) is 10.9. The van der Waals surface area contributed by atoms with Crippen molar-refractivity contribution in [3.8, 4) is 0 Å². The van der Waals surface area contributed by atoms with E-state index in [4.69, 9.17) is 0 Å². The topological polar surface area (TPSA) is 58.1 Å². The Bertz CT molecular complexity index is 327. The van der Waals surface area contributed by atoms with Gasteiger partial charge in [0.1, 0.15) is 0 Å². The Hall–Kier alpha value is -0.920. The van der Waals surface area contributed by atoms with Crippen LogP contribution in [0.25, 0.3) is 0 Å². The fraction of sp³-hybridized carbons (Fsp3) is 0.444. The van der Waals surface area contributed by atoms with Crippen molar-refractivity contribution in [1.82, 2.24) is 15.3 Å². The average molecular weight is 320 g/mol. The van der Waals surface area contributed by atoms with Crippen LogP contribution in [0.1, 0.15) is 6.42 Å². The molecule has 1 heterocycles. The van der Waals surface area contributed by atoms with Crippen LogP contribution in [0.4, 0.5) is 5.95 Å². The van der Waals surface area contributed by atoms with Gasteiger partial charge in [0.05, 0.1) is 0 Å². The van der Waals surface area contributed by atoms with Crippen molar-refractivity contribution < 1.29 is 4.79 Å². The quantitative estimate of drug-likeness (QED) is 0.828. The molecule has 0 radical (unpaired) electrons. The van der Waals surface area contributed by atoms with Gasteiger partial charge in [-0.2, -0.15) is 0 Å². The maximum Gasteiger partial charge on any atom is 0.225 e. The fourth-order valence-corrected chi connectivity index (χ4v) is 1.28. The number of aromatic nitrogens is 2. The molecule has 1 N–H and O–H groups in total. The highest BCUT2D eigenvalue weighted by molar-refractivity contribution is 14.1. The maximum absolute atomic E-state index is 11.0. The predicted octanol–water partition coefficient (Wildman–Crippen LogP) is 0.653. The lowest BCUT2D eigenvalue weighted by molar-refractivity contribution is -0.120. The highest BCUT2D eigenvalue weighted by atomic mass is 127. The normalized spacial score (nSPS) is 9.80. The highest BCUT2D eigenvalue weighted by Gasteiger charge is 2.05. The van der Waals surface area contributed by atoms with E-state index in [0.717, 1.165) is 3.57 Å². The van der Waals surface area contributed by atoms with Crippen molar-refractivity contribution in [2.24, 2.45) is 0 Å². The molecule has 1 aromatic heterocycles. The number of nitrogens with one attached hydrogen (secondary N) is 1. The van der Waals surface area contributed by atoms with Gasteiger partial charge < -0.3 is 10.2 Å². The smallest absolute Gasteiger partial charge is 0.225 e. The summed E-state index contributed by atoms with van der Waals surface area (Å²) in [5.41, 5.74) is 0. The number of hydrogen-bond acceptors (Lipinski definition) is 4. The van der Waals surface area contributed by atoms with Gasteiger partial charge in [-0.25, -0.2) is 9.97 Å². The number of anilines is 1. The molecular formula is C9H13IN4O. The Balaban J connectivity index is 2.50. The van der Waals surface area contributed by atoms with Crippen LogP contribution in [-0.4, -0.2) is 36.5 Å². The first kappa shape index (κ1) is 12.2. The maximum atomic E-state index is 11.0. The van der Waals surface area contributed by atoms with E-state index in [2.05, 4.69) is 37.9 Å². The summed E-state index contributed by atoms with van der Waals surface area (Å²) in [7, 11) is 3.49. The van der Waals surface area contributed by atoms with Crippen LogP contribution in [0.2, 0.25) is 0 Å². The molecule has 0 saturated heterocycles. The van der Waals surface area contributed by atoms with Gasteiger partial charge in [0.25, 0.3) is 0 Å². The van der Waals surface area contributed by atoms with Gasteiger partial charge in [0, 0.05) is 43.0 Å². The number of carbonyl (C=O) groups excluding carboxylic acids is 1. The minimum absolute atomic E-state index is 0.0207. The molecule has 0 aliphatic heterocycles. The van der Waals surface area contributed by atoms with Crippen molar-refractivity contribution in [3.63, 3.8) is 0 Å². The van der Waals surface area contributed by atoms with E-state index >= 15 is 0 Å². The summed E-state index contributed by atoms with van der Waals surface area (Å²) in [6, 6.07) is 0.